The van der Waals surface area contributed by atoms with Gasteiger partial charge in [-0.25, -0.2) is 8.78 Å². The number of amides is 1. The van der Waals surface area contributed by atoms with Crippen molar-refractivity contribution < 1.29 is 18.3 Å². The van der Waals surface area contributed by atoms with Crippen LogP contribution < -0.4 is 10.6 Å². The molecule has 0 bridgehead atoms. The molecule has 0 aliphatic heterocycles. The van der Waals surface area contributed by atoms with Crippen molar-refractivity contribution in [1.82, 2.24) is 10.3 Å². The Morgan fingerprint density at radius 2 is 2.33 bits per heavy atom. The van der Waals surface area contributed by atoms with Crippen LogP contribution in [0.25, 0.3) is 0 Å². The molecule has 7 heteroatoms. The molecule has 0 aliphatic rings. The summed E-state index contributed by atoms with van der Waals surface area (Å²) in [5.41, 5.74) is 0.972. The molecule has 1 aromatic heterocycles. The third kappa shape index (κ3) is 5.05. The molecule has 100 valence electrons. The maximum absolute atomic E-state index is 11.8. The van der Waals surface area contributed by atoms with E-state index in [1.165, 1.54) is 13.2 Å². The van der Waals surface area contributed by atoms with Gasteiger partial charge in [0, 0.05) is 25.5 Å². The topological polar surface area (TPSA) is 63.2 Å². The molecular weight excluding hydrogens is 244 g/mol. The number of pyridine rings is 1. The summed E-state index contributed by atoms with van der Waals surface area (Å²) in [5.74, 6) is -0.285. The summed E-state index contributed by atoms with van der Waals surface area (Å²) < 4.78 is 28.2. The van der Waals surface area contributed by atoms with Gasteiger partial charge in [0.15, 0.2) is 0 Å². The molecule has 18 heavy (non-hydrogen) atoms. The third-order valence-corrected chi connectivity index (χ3v) is 2.04. The number of anilines is 1. The van der Waals surface area contributed by atoms with Gasteiger partial charge in [-0.15, -0.1) is 0 Å². The van der Waals surface area contributed by atoms with Gasteiger partial charge in [0.25, 0.3) is 12.3 Å². The second-order valence-electron chi connectivity index (χ2n) is 3.40. The number of nitrogens with zero attached hydrogens (tertiary/aromatic N) is 1. The number of ether oxygens (including phenoxy) is 1. The van der Waals surface area contributed by atoms with E-state index in [4.69, 9.17) is 4.74 Å². The molecule has 0 saturated heterocycles. The average Bonchev–Trinajstić information content (AvgIpc) is 2.37. The fourth-order valence-electron chi connectivity index (χ4n) is 1.23. The maximum Gasteiger partial charge on any atom is 0.269 e. The Hall–Kier alpha value is -1.76. The quantitative estimate of drug-likeness (QED) is 0.721. The second kappa shape index (κ2) is 7.54. The van der Waals surface area contributed by atoms with Gasteiger partial charge in [0.05, 0.1) is 6.61 Å². The van der Waals surface area contributed by atoms with E-state index < -0.39 is 13.0 Å². The number of alkyl halides is 2. The number of hydrogen-bond acceptors (Lipinski definition) is 4. The highest BCUT2D eigenvalue weighted by Crippen LogP contribution is 2.07. The predicted octanol–water partition coefficient (Wildman–Crippen LogP) is 1.13. The molecule has 1 aromatic rings. The molecule has 0 unspecified atom stereocenters. The van der Waals surface area contributed by atoms with Crippen molar-refractivity contribution in [2.75, 3.05) is 32.1 Å². The predicted molar refractivity (Wildman–Crippen MR) is 62.9 cm³/mol. The highest BCUT2D eigenvalue weighted by atomic mass is 19.3. The van der Waals surface area contributed by atoms with E-state index >= 15 is 0 Å². The summed E-state index contributed by atoms with van der Waals surface area (Å²) in [5, 5.41) is 5.41. The SMILES string of the molecule is CNC(=O)c1cc(NCCOCC(F)F)ccn1. The van der Waals surface area contributed by atoms with E-state index in [0.29, 0.717) is 12.2 Å². The lowest BCUT2D eigenvalue weighted by molar-refractivity contribution is 0.0215. The zero-order valence-corrected chi connectivity index (χ0v) is 9.95. The molecule has 0 aromatic carbocycles. The summed E-state index contributed by atoms with van der Waals surface area (Å²) in [7, 11) is 1.52. The first-order valence-electron chi connectivity index (χ1n) is 5.41. The summed E-state index contributed by atoms with van der Waals surface area (Å²) >= 11 is 0. The second-order valence-corrected chi connectivity index (χ2v) is 3.40. The molecule has 2 N–H and O–H groups in total. The number of carbonyl (C=O) groups excluding carboxylic acids is 1. The zero-order valence-electron chi connectivity index (χ0n) is 9.95. The minimum atomic E-state index is -2.45. The van der Waals surface area contributed by atoms with E-state index in [1.807, 2.05) is 0 Å². The van der Waals surface area contributed by atoms with Crippen LogP contribution in [0.1, 0.15) is 10.5 Å². The largest absolute Gasteiger partial charge is 0.383 e. The van der Waals surface area contributed by atoms with Crippen LogP contribution in [0.2, 0.25) is 0 Å². The molecule has 0 radical (unpaired) electrons. The molecule has 0 aliphatic carbocycles. The molecule has 5 nitrogen and oxygen atoms in total. The molecule has 1 heterocycles. The van der Waals surface area contributed by atoms with Gasteiger partial charge in [-0.2, -0.15) is 0 Å². The standard InChI is InChI=1S/C11H15F2N3O2/c1-14-11(17)9-6-8(2-3-16-9)15-4-5-18-7-10(12)13/h2-3,6,10H,4-5,7H2,1H3,(H,14,17)(H,15,16). The number of rotatable bonds is 7. The smallest absolute Gasteiger partial charge is 0.269 e. The fourth-order valence-corrected chi connectivity index (χ4v) is 1.23. The molecule has 1 amide bonds. The van der Waals surface area contributed by atoms with Gasteiger partial charge in [-0.05, 0) is 12.1 Å². The number of nitrogens with one attached hydrogen (secondary N) is 2. The summed E-state index contributed by atoms with van der Waals surface area (Å²) in [6, 6.07) is 3.26. The lowest BCUT2D eigenvalue weighted by Gasteiger charge is -2.08. The van der Waals surface area contributed by atoms with E-state index in [0.717, 1.165) is 0 Å². The van der Waals surface area contributed by atoms with Gasteiger partial charge in [0.2, 0.25) is 0 Å². The average molecular weight is 259 g/mol. The van der Waals surface area contributed by atoms with Crippen LogP contribution in [0.15, 0.2) is 18.3 Å². The van der Waals surface area contributed by atoms with Crippen LogP contribution in [0, 0.1) is 0 Å². The molecule has 0 saturated carbocycles. The van der Waals surface area contributed by atoms with Gasteiger partial charge in [-0.1, -0.05) is 0 Å². The normalized spacial score (nSPS) is 10.4. The molecule has 0 atom stereocenters. The molecule has 1 rings (SSSR count). The Labute approximate surface area is 104 Å². The molecular formula is C11H15F2N3O2. The number of hydrogen-bond donors (Lipinski definition) is 2. The zero-order chi connectivity index (χ0) is 13.4. The van der Waals surface area contributed by atoms with Gasteiger partial charge in [-0.3, -0.25) is 9.78 Å². The van der Waals surface area contributed by atoms with Crippen LogP contribution in [0.3, 0.4) is 0 Å². The van der Waals surface area contributed by atoms with Crippen molar-refractivity contribution >= 4 is 11.6 Å². The van der Waals surface area contributed by atoms with Crippen LogP contribution in [0.5, 0.6) is 0 Å². The maximum atomic E-state index is 11.8. The first-order chi connectivity index (χ1) is 8.63. The Bertz CT molecular complexity index is 388. The van der Waals surface area contributed by atoms with Crippen molar-refractivity contribution in [2.24, 2.45) is 0 Å². The monoisotopic (exact) mass is 259 g/mol. The van der Waals surface area contributed by atoms with Crippen molar-refractivity contribution in [1.29, 1.82) is 0 Å². The summed E-state index contributed by atoms with van der Waals surface area (Å²) in [6.45, 7) is -0.0204. The van der Waals surface area contributed by atoms with Crippen LogP contribution >= 0.6 is 0 Å². The van der Waals surface area contributed by atoms with E-state index in [1.54, 1.807) is 12.1 Å². The lowest BCUT2D eigenvalue weighted by Crippen LogP contribution is -2.19. The minimum Gasteiger partial charge on any atom is -0.383 e. The Morgan fingerprint density at radius 3 is 3.00 bits per heavy atom. The highest BCUT2D eigenvalue weighted by Gasteiger charge is 2.05. The van der Waals surface area contributed by atoms with Crippen molar-refractivity contribution in [3.8, 4) is 0 Å². The summed E-state index contributed by atoms with van der Waals surface area (Å²) in [4.78, 5) is 15.2. The Morgan fingerprint density at radius 1 is 1.56 bits per heavy atom. The number of carbonyl (C=O) groups is 1. The Balaban J connectivity index is 2.36. The summed E-state index contributed by atoms with van der Waals surface area (Å²) in [6.07, 6.45) is -0.960. The van der Waals surface area contributed by atoms with Crippen LogP contribution in [-0.4, -0.2) is 44.1 Å². The lowest BCUT2D eigenvalue weighted by atomic mass is 10.3. The number of aromatic nitrogens is 1. The van der Waals surface area contributed by atoms with Crippen molar-refractivity contribution in [3.63, 3.8) is 0 Å². The van der Waals surface area contributed by atoms with Crippen molar-refractivity contribution in [3.05, 3.63) is 24.0 Å². The van der Waals surface area contributed by atoms with E-state index in [-0.39, 0.29) is 18.2 Å². The van der Waals surface area contributed by atoms with Crippen LogP contribution in [0.4, 0.5) is 14.5 Å². The van der Waals surface area contributed by atoms with Gasteiger partial charge in [0.1, 0.15) is 12.3 Å². The van der Waals surface area contributed by atoms with E-state index in [2.05, 4.69) is 15.6 Å². The first kappa shape index (κ1) is 14.3. The Kier molecular flexibility index (Phi) is 5.99. The third-order valence-electron chi connectivity index (χ3n) is 2.04. The highest BCUT2D eigenvalue weighted by molar-refractivity contribution is 5.92. The minimum absolute atomic E-state index is 0.169. The molecule has 0 fully saturated rings. The van der Waals surface area contributed by atoms with Crippen molar-refractivity contribution in [2.45, 2.75) is 6.43 Å². The molecule has 0 spiro atoms. The van der Waals surface area contributed by atoms with Crippen LogP contribution in [-0.2, 0) is 4.74 Å². The first-order valence-corrected chi connectivity index (χ1v) is 5.41. The van der Waals surface area contributed by atoms with E-state index in [9.17, 15) is 13.6 Å². The van der Waals surface area contributed by atoms with Gasteiger partial charge >= 0.3 is 0 Å². The van der Waals surface area contributed by atoms with Gasteiger partial charge < -0.3 is 15.4 Å². The fraction of sp³-hybridized carbons (Fsp3) is 0.455. The number of halogens is 2.